The van der Waals surface area contributed by atoms with Gasteiger partial charge in [0, 0.05) is 0 Å². The summed E-state index contributed by atoms with van der Waals surface area (Å²) in [6.45, 7) is 14.6. The highest BCUT2D eigenvalue weighted by atomic mass is 14.0. The fraction of sp³-hybridized carbons (Fsp3) is 0.600. The summed E-state index contributed by atoms with van der Waals surface area (Å²) in [4.78, 5) is 0. The van der Waals surface area contributed by atoms with Crippen molar-refractivity contribution >= 4 is 0 Å². The maximum atomic E-state index is 2.23. The van der Waals surface area contributed by atoms with Gasteiger partial charge in [-0.25, -0.2) is 0 Å². The molecule has 0 aliphatic rings. The van der Waals surface area contributed by atoms with Crippen LogP contribution in [0.2, 0.25) is 0 Å². The lowest BCUT2D eigenvalue weighted by molar-refractivity contribution is 0.865. The van der Waals surface area contributed by atoms with Gasteiger partial charge in [0.1, 0.15) is 0 Å². The van der Waals surface area contributed by atoms with Crippen LogP contribution < -0.4 is 0 Å². The molecule has 1 rings (SSSR count). The van der Waals surface area contributed by atoms with Crippen LogP contribution in [-0.4, -0.2) is 0 Å². The van der Waals surface area contributed by atoms with Gasteiger partial charge < -0.3 is 0 Å². The molecule has 0 aromatic heterocycles. The zero-order valence-corrected chi connectivity index (χ0v) is 11.6. The molecule has 0 saturated carbocycles. The normalized spacial score (nSPS) is 8.53. The molecule has 0 bridgehead atoms. The molecule has 0 saturated heterocycles. The maximum Gasteiger partial charge on any atom is -0.0219 e. The Morgan fingerprint density at radius 3 is 1.53 bits per heavy atom. The smallest absolute Gasteiger partial charge is 0.0219 e. The lowest BCUT2D eigenvalue weighted by Crippen LogP contribution is -1.87. The van der Waals surface area contributed by atoms with E-state index in [4.69, 9.17) is 0 Å². The van der Waals surface area contributed by atoms with Crippen LogP contribution in [0.15, 0.2) is 24.3 Å². The Kier molecular flexibility index (Phi) is 12.5. The molecule has 0 radical (unpaired) electrons. The average Bonchev–Trinajstić information content (AvgIpc) is 2.34. The van der Waals surface area contributed by atoms with Crippen molar-refractivity contribution in [3.8, 4) is 0 Å². The molecule has 0 aliphatic carbocycles. The number of aryl methyl sites for hydroxylation is 1. The highest BCUT2D eigenvalue weighted by Crippen LogP contribution is 2.14. The van der Waals surface area contributed by atoms with Gasteiger partial charge in [0.15, 0.2) is 0 Å². The van der Waals surface area contributed by atoms with Crippen molar-refractivity contribution in [2.24, 2.45) is 0 Å². The van der Waals surface area contributed by atoms with Gasteiger partial charge in [-0.15, -0.1) is 0 Å². The second-order valence-electron chi connectivity index (χ2n) is 3.25. The number of hydrogen-bond acceptors (Lipinski definition) is 0. The minimum Gasteiger partial charge on any atom is -0.0683 e. The molecule has 1 aromatic rings. The Balaban J connectivity index is 0. The first kappa shape index (κ1) is 16.6. The van der Waals surface area contributed by atoms with E-state index in [1.165, 1.54) is 11.1 Å². The zero-order chi connectivity index (χ0) is 12.3. The predicted molar refractivity (Wildman–Crippen MR) is 72.6 cm³/mol. The third-order valence-electron chi connectivity index (χ3n) is 2.05. The van der Waals surface area contributed by atoms with Crippen LogP contribution in [0, 0.1) is 0 Å². The number of hydrogen-bond donors (Lipinski definition) is 0. The molecule has 0 amide bonds. The molecule has 0 heteroatoms. The Morgan fingerprint density at radius 2 is 1.27 bits per heavy atom. The third-order valence-corrected chi connectivity index (χ3v) is 2.05. The molecule has 0 atom stereocenters. The van der Waals surface area contributed by atoms with Crippen molar-refractivity contribution in [2.75, 3.05) is 0 Å². The summed E-state index contributed by atoms with van der Waals surface area (Å²) in [5, 5.41) is 0. The minimum absolute atomic E-state index is 0.654. The van der Waals surface area contributed by atoms with Crippen LogP contribution in [0.1, 0.15) is 65.5 Å². The molecule has 15 heavy (non-hydrogen) atoms. The van der Waals surface area contributed by atoms with Gasteiger partial charge in [-0.05, 0) is 23.5 Å². The van der Waals surface area contributed by atoms with Crippen LogP contribution in [0.5, 0.6) is 0 Å². The summed E-state index contributed by atoms with van der Waals surface area (Å²) in [5.74, 6) is 0.654. The van der Waals surface area contributed by atoms with E-state index < -0.39 is 0 Å². The van der Waals surface area contributed by atoms with Crippen molar-refractivity contribution in [2.45, 2.75) is 60.8 Å². The van der Waals surface area contributed by atoms with E-state index in [0.29, 0.717) is 5.92 Å². The van der Waals surface area contributed by atoms with Crippen LogP contribution in [0.25, 0.3) is 0 Å². The van der Waals surface area contributed by atoms with Gasteiger partial charge >= 0.3 is 0 Å². The van der Waals surface area contributed by atoms with E-state index >= 15 is 0 Å². The summed E-state index contributed by atoms with van der Waals surface area (Å²) in [5.41, 5.74) is 2.86. The molecule has 0 N–H and O–H groups in total. The molecular weight excluding hydrogens is 180 g/mol. The van der Waals surface area contributed by atoms with Gasteiger partial charge in [0.2, 0.25) is 0 Å². The summed E-state index contributed by atoms with van der Waals surface area (Å²) in [7, 11) is 0. The van der Waals surface area contributed by atoms with Crippen LogP contribution in [-0.2, 0) is 6.42 Å². The van der Waals surface area contributed by atoms with Crippen LogP contribution >= 0.6 is 0 Å². The summed E-state index contributed by atoms with van der Waals surface area (Å²) in [6, 6.07) is 8.89. The fourth-order valence-corrected chi connectivity index (χ4v) is 1.14. The second kappa shape index (κ2) is 11.3. The molecule has 88 valence electrons. The van der Waals surface area contributed by atoms with E-state index in [9.17, 15) is 0 Å². The third kappa shape index (κ3) is 7.18. The largest absolute Gasteiger partial charge is 0.0683 e. The Labute approximate surface area is 96.7 Å². The van der Waals surface area contributed by atoms with E-state index in [2.05, 4.69) is 45.0 Å². The fourth-order valence-electron chi connectivity index (χ4n) is 1.14. The first-order valence-electron chi connectivity index (χ1n) is 6.33. The summed E-state index contributed by atoms with van der Waals surface area (Å²) in [6.07, 6.45) is 1.14. The molecule has 0 fully saturated rings. The van der Waals surface area contributed by atoms with Gasteiger partial charge in [0.05, 0.1) is 0 Å². The zero-order valence-electron chi connectivity index (χ0n) is 11.6. The average molecular weight is 208 g/mol. The lowest BCUT2D eigenvalue weighted by Gasteiger charge is -2.04. The monoisotopic (exact) mass is 208 g/mol. The Bertz CT molecular complexity index is 206. The lowest BCUT2D eigenvalue weighted by atomic mass is 10.0. The van der Waals surface area contributed by atoms with Crippen molar-refractivity contribution in [3.05, 3.63) is 35.4 Å². The van der Waals surface area contributed by atoms with Crippen molar-refractivity contribution in [1.82, 2.24) is 0 Å². The van der Waals surface area contributed by atoms with E-state index in [1.54, 1.807) is 0 Å². The van der Waals surface area contributed by atoms with Gasteiger partial charge in [-0.3, -0.25) is 0 Å². The first-order chi connectivity index (χ1) is 7.24. The molecule has 0 heterocycles. The second-order valence-corrected chi connectivity index (χ2v) is 3.25. The van der Waals surface area contributed by atoms with E-state index in [-0.39, 0.29) is 0 Å². The van der Waals surface area contributed by atoms with Crippen molar-refractivity contribution in [3.63, 3.8) is 0 Å². The maximum absolute atomic E-state index is 2.23. The number of rotatable bonds is 2. The van der Waals surface area contributed by atoms with Crippen molar-refractivity contribution in [1.29, 1.82) is 0 Å². The minimum atomic E-state index is 0.654. The van der Waals surface area contributed by atoms with Crippen molar-refractivity contribution < 1.29 is 0 Å². The first-order valence-corrected chi connectivity index (χ1v) is 6.33. The highest BCUT2D eigenvalue weighted by Gasteiger charge is 1.96. The predicted octanol–water partition coefficient (Wildman–Crippen LogP) is 5.42. The number of benzene rings is 1. The van der Waals surface area contributed by atoms with Crippen LogP contribution in [0.3, 0.4) is 0 Å². The topological polar surface area (TPSA) is 0 Å². The summed E-state index contributed by atoms with van der Waals surface area (Å²) < 4.78 is 0. The molecule has 0 aliphatic heterocycles. The van der Waals surface area contributed by atoms with Gasteiger partial charge in [-0.2, -0.15) is 0 Å². The van der Waals surface area contributed by atoms with Gasteiger partial charge in [-0.1, -0.05) is 72.7 Å². The van der Waals surface area contributed by atoms with Crippen LogP contribution in [0.4, 0.5) is 0 Å². The Morgan fingerprint density at radius 1 is 0.867 bits per heavy atom. The van der Waals surface area contributed by atoms with Gasteiger partial charge in [0.25, 0.3) is 0 Å². The molecule has 0 spiro atoms. The molecule has 0 nitrogen and oxygen atoms in total. The Hall–Kier alpha value is -0.780. The highest BCUT2D eigenvalue weighted by molar-refractivity contribution is 5.24. The van der Waals surface area contributed by atoms with E-state index in [0.717, 1.165) is 6.42 Å². The SMILES string of the molecule is CC.CC.CCc1ccc(C(C)C)cc1. The molecule has 0 unspecified atom stereocenters. The molecule has 1 aromatic carbocycles. The van der Waals surface area contributed by atoms with E-state index in [1.807, 2.05) is 27.7 Å². The standard InChI is InChI=1S/C11H16.2C2H6/c1-4-10-5-7-11(8-6-10)9(2)3;2*1-2/h5-9H,4H2,1-3H3;2*1-2H3. The quantitative estimate of drug-likeness (QED) is 0.608. The summed E-state index contributed by atoms with van der Waals surface area (Å²) >= 11 is 0. The molecular formula is C15H28.